The number of H-pyrrole nitrogens is 1. The summed E-state index contributed by atoms with van der Waals surface area (Å²) in [4.78, 5) is 2.31. The zero-order chi connectivity index (χ0) is 12.4. The van der Waals surface area contributed by atoms with Crippen LogP contribution in [0.25, 0.3) is 0 Å². The second-order valence-electron chi connectivity index (χ2n) is 5.01. The van der Waals surface area contributed by atoms with E-state index in [1.165, 1.54) is 25.7 Å². The van der Waals surface area contributed by atoms with Gasteiger partial charge in [0.25, 0.3) is 0 Å². The number of nitrogens with zero attached hydrogens (tertiary/aromatic N) is 3. The molecule has 1 heterocycles. The number of nitrogens with one attached hydrogen (secondary N) is 1. The molecule has 2 unspecified atom stereocenters. The zero-order valence-electron chi connectivity index (χ0n) is 10.9. The predicted octanol–water partition coefficient (Wildman–Crippen LogP) is 2.98. The second-order valence-corrected chi connectivity index (χ2v) is 5.40. The predicted molar refractivity (Wildman–Crippen MR) is 72.9 cm³/mol. The minimum absolute atomic E-state index is 0.597. The van der Waals surface area contributed by atoms with Gasteiger partial charge in [-0.25, -0.2) is 5.10 Å². The fourth-order valence-electron chi connectivity index (χ4n) is 2.88. The molecule has 0 amide bonds. The molecule has 0 radical (unpaired) electrons. The highest BCUT2D eigenvalue weighted by atomic mass is 32.1. The molecule has 1 aliphatic carbocycles. The standard InChI is InChI=1S/C12H22N4S/c1-4-16-11(13-14-12(16)17)15(3)10-8-6-5-7-9(10)2/h9-10H,4-8H2,1-3H3,(H,14,17). The van der Waals surface area contributed by atoms with Gasteiger partial charge in [0.2, 0.25) is 5.95 Å². The highest BCUT2D eigenvalue weighted by Gasteiger charge is 2.27. The topological polar surface area (TPSA) is 36.9 Å². The Morgan fingerprint density at radius 1 is 1.47 bits per heavy atom. The first-order chi connectivity index (χ1) is 8.15. The van der Waals surface area contributed by atoms with Gasteiger partial charge in [-0.15, -0.1) is 5.10 Å². The maximum Gasteiger partial charge on any atom is 0.225 e. The second kappa shape index (κ2) is 5.21. The fraction of sp³-hybridized carbons (Fsp3) is 0.833. The quantitative estimate of drug-likeness (QED) is 0.843. The molecule has 4 nitrogen and oxygen atoms in total. The Morgan fingerprint density at radius 2 is 2.18 bits per heavy atom. The van der Waals surface area contributed by atoms with Crippen LogP contribution < -0.4 is 4.90 Å². The van der Waals surface area contributed by atoms with Gasteiger partial charge in [-0.2, -0.15) is 0 Å². The van der Waals surface area contributed by atoms with Crippen molar-refractivity contribution in [3.05, 3.63) is 4.77 Å². The Labute approximate surface area is 108 Å². The van der Waals surface area contributed by atoms with E-state index in [9.17, 15) is 0 Å². The van der Waals surface area contributed by atoms with Gasteiger partial charge in [-0.05, 0) is 37.9 Å². The molecular weight excluding hydrogens is 232 g/mol. The van der Waals surface area contributed by atoms with Crippen LogP contribution >= 0.6 is 12.2 Å². The summed E-state index contributed by atoms with van der Waals surface area (Å²) in [5.74, 6) is 1.72. The van der Waals surface area contributed by atoms with Gasteiger partial charge in [0.15, 0.2) is 4.77 Å². The van der Waals surface area contributed by atoms with Crippen LogP contribution in [0.2, 0.25) is 0 Å². The molecule has 1 N–H and O–H groups in total. The third-order valence-electron chi connectivity index (χ3n) is 3.93. The SMILES string of the molecule is CCn1c(N(C)C2CCCCC2C)n[nH]c1=S. The first-order valence-corrected chi connectivity index (χ1v) is 6.94. The van der Waals surface area contributed by atoms with Crippen molar-refractivity contribution in [1.82, 2.24) is 14.8 Å². The summed E-state index contributed by atoms with van der Waals surface area (Å²) in [6.07, 6.45) is 5.29. The number of rotatable bonds is 3. The van der Waals surface area contributed by atoms with E-state index in [4.69, 9.17) is 12.2 Å². The molecule has 17 heavy (non-hydrogen) atoms. The van der Waals surface area contributed by atoms with Crippen LogP contribution in [0.15, 0.2) is 0 Å². The van der Waals surface area contributed by atoms with Crippen molar-refractivity contribution in [2.24, 2.45) is 5.92 Å². The molecule has 2 atom stereocenters. The van der Waals surface area contributed by atoms with Crippen molar-refractivity contribution in [2.75, 3.05) is 11.9 Å². The van der Waals surface area contributed by atoms with Crippen LogP contribution in [0.1, 0.15) is 39.5 Å². The highest BCUT2D eigenvalue weighted by Crippen LogP contribution is 2.29. The van der Waals surface area contributed by atoms with E-state index in [0.29, 0.717) is 6.04 Å². The summed E-state index contributed by atoms with van der Waals surface area (Å²) < 4.78 is 2.79. The number of hydrogen-bond acceptors (Lipinski definition) is 3. The molecule has 1 saturated carbocycles. The summed E-state index contributed by atoms with van der Waals surface area (Å²) in [6, 6.07) is 0.597. The monoisotopic (exact) mass is 254 g/mol. The molecule has 2 rings (SSSR count). The number of aromatic nitrogens is 3. The van der Waals surface area contributed by atoms with Gasteiger partial charge in [0, 0.05) is 19.6 Å². The first-order valence-electron chi connectivity index (χ1n) is 6.53. The van der Waals surface area contributed by atoms with Crippen molar-refractivity contribution in [1.29, 1.82) is 0 Å². The number of anilines is 1. The third-order valence-corrected chi connectivity index (χ3v) is 4.25. The van der Waals surface area contributed by atoms with Crippen molar-refractivity contribution in [3.63, 3.8) is 0 Å². The third kappa shape index (κ3) is 2.39. The molecule has 0 aromatic carbocycles. The van der Waals surface area contributed by atoms with Gasteiger partial charge < -0.3 is 4.90 Å². The minimum Gasteiger partial charge on any atom is -0.341 e. The molecular formula is C12H22N4S. The smallest absolute Gasteiger partial charge is 0.225 e. The molecule has 1 fully saturated rings. The molecule has 0 aliphatic heterocycles. The van der Waals surface area contributed by atoms with E-state index >= 15 is 0 Å². The van der Waals surface area contributed by atoms with Crippen molar-refractivity contribution < 1.29 is 0 Å². The Hall–Kier alpha value is -0.840. The van der Waals surface area contributed by atoms with E-state index in [1.54, 1.807) is 0 Å². The lowest BCUT2D eigenvalue weighted by molar-refractivity contribution is 0.318. The highest BCUT2D eigenvalue weighted by molar-refractivity contribution is 7.71. The van der Waals surface area contributed by atoms with Crippen LogP contribution in [0, 0.1) is 10.7 Å². The summed E-state index contributed by atoms with van der Waals surface area (Å²) in [6.45, 7) is 5.32. The van der Waals surface area contributed by atoms with Gasteiger partial charge in [0.05, 0.1) is 0 Å². The van der Waals surface area contributed by atoms with Crippen LogP contribution in [-0.4, -0.2) is 27.9 Å². The van der Waals surface area contributed by atoms with E-state index in [2.05, 4.69) is 40.6 Å². The Balaban J connectivity index is 2.23. The lowest BCUT2D eigenvalue weighted by Crippen LogP contribution is -2.40. The van der Waals surface area contributed by atoms with Gasteiger partial charge in [-0.1, -0.05) is 19.8 Å². The lowest BCUT2D eigenvalue weighted by atomic mass is 9.85. The van der Waals surface area contributed by atoms with E-state index in [0.717, 1.165) is 23.2 Å². The summed E-state index contributed by atoms with van der Waals surface area (Å²) >= 11 is 5.24. The fourth-order valence-corrected chi connectivity index (χ4v) is 3.14. The van der Waals surface area contributed by atoms with Crippen LogP contribution in [0.5, 0.6) is 0 Å². The lowest BCUT2D eigenvalue weighted by Gasteiger charge is -2.36. The van der Waals surface area contributed by atoms with Gasteiger partial charge >= 0.3 is 0 Å². The van der Waals surface area contributed by atoms with E-state index in [1.807, 2.05) is 0 Å². The average molecular weight is 254 g/mol. The normalized spacial score (nSPS) is 24.9. The minimum atomic E-state index is 0.597. The Morgan fingerprint density at radius 3 is 2.82 bits per heavy atom. The molecule has 96 valence electrons. The molecule has 0 saturated heterocycles. The zero-order valence-corrected chi connectivity index (χ0v) is 11.8. The number of hydrogen-bond donors (Lipinski definition) is 1. The van der Waals surface area contributed by atoms with E-state index < -0.39 is 0 Å². The van der Waals surface area contributed by atoms with Gasteiger partial charge in [0.1, 0.15) is 0 Å². The first kappa shape index (κ1) is 12.6. The molecule has 1 aliphatic rings. The number of aromatic amines is 1. The summed E-state index contributed by atoms with van der Waals surface area (Å²) in [5.41, 5.74) is 0. The molecule has 1 aromatic heterocycles. The summed E-state index contributed by atoms with van der Waals surface area (Å²) in [7, 11) is 2.14. The van der Waals surface area contributed by atoms with Gasteiger partial charge in [-0.3, -0.25) is 4.57 Å². The van der Waals surface area contributed by atoms with Crippen LogP contribution in [0.4, 0.5) is 5.95 Å². The molecule has 1 aromatic rings. The Bertz CT molecular complexity index is 422. The largest absolute Gasteiger partial charge is 0.341 e. The molecule has 0 spiro atoms. The van der Waals surface area contributed by atoms with Crippen molar-refractivity contribution in [2.45, 2.75) is 52.1 Å². The van der Waals surface area contributed by atoms with Crippen LogP contribution in [0.3, 0.4) is 0 Å². The molecule has 5 heteroatoms. The van der Waals surface area contributed by atoms with Crippen molar-refractivity contribution >= 4 is 18.2 Å². The average Bonchev–Trinajstić information content (AvgIpc) is 2.70. The maximum absolute atomic E-state index is 5.24. The maximum atomic E-state index is 5.24. The van der Waals surface area contributed by atoms with Crippen molar-refractivity contribution in [3.8, 4) is 0 Å². The van der Waals surface area contributed by atoms with E-state index in [-0.39, 0.29) is 0 Å². The Kier molecular flexibility index (Phi) is 3.86. The summed E-state index contributed by atoms with van der Waals surface area (Å²) in [5, 5.41) is 7.26. The molecule has 0 bridgehead atoms. The van der Waals surface area contributed by atoms with Crippen LogP contribution in [-0.2, 0) is 6.54 Å².